The average molecular weight is 395 g/mol. The number of esters is 1. The van der Waals surface area contributed by atoms with Crippen LogP contribution in [0.1, 0.15) is 13.8 Å². The molecule has 0 saturated heterocycles. The molecule has 0 unspecified atom stereocenters. The number of rotatable bonds is 8. The first-order valence-corrected chi connectivity index (χ1v) is 9.19. The van der Waals surface area contributed by atoms with Gasteiger partial charge >= 0.3 is 5.97 Å². The van der Waals surface area contributed by atoms with Crippen molar-refractivity contribution in [2.45, 2.75) is 24.8 Å². The van der Waals surface area contributed by atoms with Crippen molar-refractivity contribution in [3.63, 3.8) is 0 Å². The third-order valence-corrected chi connectivity index (χ3v) is 4.36. The summed E-state index contributed by atoms with van der Waals surface area (Å²) in [5.74, 6) is -2.24. The van der Waals surface area contributed by atoms with Gasteiger partial charge in [0, 0.05) is 4.90 Å². The zero-order valence-electron chi connectivity index (χ0n) is 14.8. The Kier molecular flexibility index (Phi) is 7.60. The molecule has 0 heterocycles. The molecule has 0 aliphatic rings. The Morgan fingerprint density at radius 1 is 1.19 bits per heavy atom. The quantitative estimate of drug-likeness (QED) is 0.540. The van der Waals surface area contributed by atoms with Crippen LogP contribution in [0.15, 0.2) is 47.4 Å². The third kappa shape index (κ3) is 6.25. The summed E-state index contributed by atoms with van der Waals surface area (Å²) in [6.45, 7) is 3.68. The molecule has 0 aliphatic heterocycles. The maximum Gasteiger partial charge on any atom is 0.317 e. The van der Waals surface area contributed by atoms with Crippen LogP contribution in [0.2, 0.25) is 0 Å². The largest absolute Gasteiger partial charge is 0.492 e. The predicted molar refractivity (Wildman–Crippen MR) is 98.9 cm³/mol. The summed E-state index contributed by atoms with van der Waals surface area (Å²) in [6, 6.07) is 9.85. The highest BCUT2D eigenvalue weighted by molar-refractivity contribution is 8.00. The number of hydrogen-bond donors (Lipinski definition) is 1. The normalized spacial score (nSPS) is 11.6. The van der Waals surface area contributed by atoms with E-state index in [1.807, 2.05) is 6.92 Å². The molecule has 0 aromatic heterocycles. The van der Waals surface area contributed by atoms with Gasteiger partial charge in [-0.15, -0.1) is 11.8 Å². The van der Waals surface area contributed by atoms with E-state index in [4.69, 9.17) is 9.47 Å². The summed E-state index contributed by atoms with van der Waals surface area (Å²) in [5, 5.41) is 2.63. The van der Waals surface area contributed by atoms with Crippen LogP contribution in [0.25, 0.3) is 0 Å². The number of para-hydroxylation sites is 2. The minimum absolute atomic E-state index is 0.00491. The molecular formula is C19H19F2NO4S. The van der Waals surface area contributed by atoms with Crippen LogP contribution in [0, 0.1) is 11.6 Å². The van der Waals surface area contributed by atoms with Crippen molar-refractivity contribution in [2.75, 3.05) is 17.7 Å². The van der Waals surface area contributed by atoms with Gasteiger partial charge in [-0.1, -0.05) is 12.1 Å². The van der Waals surface area contributed by atoms with Crippen molar-refractivity contribution in [2.24, 2.45) is 0 Å². The lowest BCUT2D eigenvalue weighted by Gasteiger charge is -2.15. The Balaban J connectivity index is 1.88. The van der Waals surface area contributed by atoms with E-state index in [-0.39, 0.29) is 10.6 Å². The molecule has 2 rings (SSSR count). The number of carbonyl (C=O) groups is 2. The number of hydrogen-bond acceptors (Lipinski definition) is 5. The van der Waals surface area contributed by atoms with Crippen molar-refractivity contribution in [1.29, 1.82) is 0 Å². The highest BCUT2D eigenvalue weighted by Crippen LogP contribution is 2.25. The molecule has 0 saturated carbocycles. The lowest BCUT2D eigenvalue weighted by Crippen LogP contribution is -2.30. The molecule has 0 bridgehead atoms. The highest BCUT2D eigenvalue weighted by Gasteiger charge is 2.19. The van der Waals surface area contributed by atoms with Crippen molar-refractivity contribution < 1.29 is 27.8 Å². The van der Waals surface area contributed by atoms with Crippen molar-refractivity contribution in [3.8, 4) is 5.75 Å². The fourth-order valence-electron chi connectivity index (χ4n) is 2.09. The molecule has 1 amide bonds. The van der Waals surface area contributed by atoms with E-state index in [9.17, 15) is 18.4 Å². The van der Waals surface area contributed by atoms with Gasteiger partial charge in [-0.2, -0.15) is 0 Å². The molecule has 2 aromatic carbocycles. The molecule has 0 fully saturated rings. The van der Waals surface area contributed by atoms with Gasteiger partial charge in [-0.25, -0.2) is 8.78 Å². The summed E-state index contributed by atoms with van der Waals surface area (Å²) < 4.78 is 37.1. The van der Waals surface area contributed by atoms with Crippen molar-refractivity contribution in [1.82, 2.24) is 0 Å². The average Bonchev–Trinajstić information content (AvgIpc) is 2.64. The fraction of sp³-hybridized carbons (Fsp3) is 0.263. The maximum atomic E-state index is 13.5. The molecular weight excluding hydrogens is 376 g/mol. The standard InChI is InChI=1S/C19H19F2NO4S/c1-3-25-16-7-5-4-6-15(16)22-19(24)12(2)26-18(23)11-27-17-10-13(20)8-9-14(17)21/h4-10,12H,3,11H2,1-2H3,(H,22,24)/t12-/m1/s1. The van der Waals surface area contributed by atoms with Crippen LogP contribution in [-0.4, -0.2) is 30.3 Å². The van der Waals surface area contributed by atoms with Gasteiger partial charge in [-0.05, 0) is 44.2 Å². The Hall–Kier alpha value is -2.61. The number of nitrogens with one attached hydrogen (secondary N) is 1. The van der Waals surface area contributed by atoms with Crippen LogP contribution in [0.4, 0.5) is 14.5 Å². The number of benzene rings is 2. The zero-order chi connectivity index (χ0) is 19.8. The molecule has 1 atom stereocenters. The van der Waals surface area contributed by atoms with Crippen molar-refractivity contribution >= 4 is 29.3 Å². The molecule has 1 N–H and O–H groups in total. The lowest BCUT2D eigenvalue weighted by atomic mass is 10.2. The molecule has 27 heavy (non-hydrogen) atoms. The monoisotopic (exact) mass is 395 g/mol. The van der Waals surface area contributed by atoms with Gasteiger partial charge in [-0.3, -0.25) is 9.59 Å². The van der Waals surface area contributed by atoms with E-state index >= 15 is 0 Å². The summed E-state index contributed by atoms with van der Waals surface area (Å²) in [4.78, 5) is 24.1. The third-order valence-electron chi connectivity index (χ3n) is 3.36. The second kappa shape index (κ2) is 9.91. The van der Waals surface area contributed by atoms with Crippen LogP contribution in [0.3, 0.4) is 0 Å². The Labute approximate surface area is 160 Å². The first kappa shape index (κ1) is 20.7. The summed E-state index contributed by atoms with van der Waals surface area (Å²) in [7, 11) is 0. The van der Waals surface area contributed by atoms with Crippen LogP contribution < -0.4 is 10.1 Å². The zero-order valence-corrected chi connectivity index (χ0v) is 15.6. The SMILES string of the molecule is CCOc1ccccc1NC(=O)[C@@H](C)OC(=O)CSc1cc(F)ccc1F. The highest BCUT2D eigenvalue weighted by atomic mass is 32.2. The van der Waals surface area contributed by atoms with E-state index in [0.29, 0.717) is 18.0 Å². The second-order valence-electron chi connectivity index (χ2n) is 5.41. The van der Waals surface area contributed by atoms with E-state index < -0.39 is 29.6 Å². The smallest absolute Gasteiger partial charge is 0.317 e. The van der Waals surface area contributed by atoms with Crippen molar-refractivity contribution in [3.05, 3.63) is 54.1 Å². The van der Waals surface area contributed by atoms with Crippen LogP contribution in [0.5, 0.6) is 5.75 Å². The Bertz CT molecular complexity index is 816. The van der Waals surface area contributed by atoms with Gasteiger partial charge in [0.2, 0.25) is 0 Å². The minimum Gasteiger partial charge on any atom is -0.492 e. The molecule has 0 aliphatic carbocycles. The first-order valence-electron chi connectivity index (χ1n) is 8.20. The molecule has 0 spiro atoms. The Morgan fingerprint density at radius 2 is 1.93 bits per heavy atom. The van der Waals surface area contributed by atoms with E-state index in [2.05, 4.69) is 5.32 Å². The summed E-state index contributed by atoms with van der Waals surface area (Å²) >= 11 is 0.795. The maximum absolute atomic E-state index is 13.5. The number of carbonyl (C=O) groups excluding carboxylic acids is 2. The van der Waals surface area contributed by atoms with Gasteiger partial charge in [0.05, 0.1) is 18.0 Å². The topological polar surface area (TPSA) is 64.6 Å². The molecule has 144 valence electrons. The van der Waals surface area contributed by atoms with Gasteiger partial charge < -0.3 is 14.8 Å². The van der Waals surface area contributed by atoms with E-state index in [1.54, 1.807) is 24.3 Å². The molecule has 0 radical (unpaired) electrons. The second-order valence-corrected chi connectivity index (χ2v) is 6.43. The van der Waals surface area contributed by atoms with Gasteiger partial charge in [0.1, 0.15) is 17.4 Å². The van der Waals surface area contributed by atoms with E-state index in [1.165, 1.54) is 6.92 Å². The van der Waals surface area contributed by atoms with Crippen LogP contribution in [-0.2, 0) is 14.3 Å². The molecule has 5 nitrogen and oxygen atoms in total. The summed E-state index contributed by atoms with van der Waals surface area (Å²) in [6.07, 6.45) is -1.06. The number of halogens is 2. The van der Waals surface area contributed by atoms with Gasteiger partial charge in [0.15, 0.2) is 6.10 Å². The Morgan fingerprint density at radius 3 is 2.67 bits per heavy atom. The predicted octanol–water partition coefficient (Wildman–Crippen LogP) is 4.03. The number of anilines is 1. The van der Waals surface area contributed by atoms with Gasteiger partial charge in [0.25, 0.3) is 5.91 Å². The fourth-order valence-corrected chi connectivity index (χ4v) is 2.84. The number of ether oxygens (including phenoxy) is 2. The lowest BCUT2D eigenvalue weighted by molar-refractivity contribution is -0.150. The number of thioether (sulfide) groups is 1. The van der Waals surface area contributed by atoms with E-state index in [0.717, 1.165) is 30.0 Å². The van der Waals surface area contributed by atoms with Crippen LogP contribution >= 0.6 is 11.8 Å². The molecule has 2 aromatic rings. The molecule has 8 heteroatoms. The summed E-state index contributed by atoms with van der Waals surface area (Å²) in [5.41, 5.74) is 0.462. The minimum atomic E-state index is -1.06. The first-order chi connectivity index (χ1) is 12.9. The number of amides is 1.